The number of hydrogen-bond donors (Lipinski definition) is 3. The number of nitrogens with two attached hydrogens (primary N) is 1. The molecule has 0 saturated heterocycles. The highest BCUT2D eigenvalue weighted by Crippen LogP contribution is 2.06. The van der Waals surface area contributed by atoms with Gasteiger partial charge in [-0.25, -0.2) is 0 Å². The Morgan fingerprint density at radius 1 is 1.37 bits per heavy atom. The van der Waals surface area contributed by atoms with Crippen LogP contribution in [0.2, 0.25) is 0 Å². The van der Waals surface area contributed by atoms with Gasteiger partial charge in [-0.3, -0.25) is 9.59 Å². The van der Waals surface area contributed by atoms with Crippen LogP contribution in [-0.2, 0) is 16.0 Å². The van der Waals surface area contributed by atoms with Gasteiger partial charge in [-0.1, -0.05) is 31.2 Å². The van der Waals surface area contributed by atoms with Crippen LogP contribution in [0, 0.1) is 0 Å². The number of carbonyl (C=O) groups excluding carboxylic acids is 2. The summed E-state index contributed by atoms with van der Waals surface area (Å²) in [6.45, 7) is 1.88. The maximum atomic E-state index is 11.4. The zero-order chi connectivity index (χ0) is 14.3. The van der Waals surface area contributed by atoms with Crippen molar-refractivity contribution in [3.05, 3.63) is 41.5 Å². The molecule has 0 spiro atoms. The van der Waals surface area contributed by atoms with E-state index in [0.29, 0.717) is 0 Å². The Balaban J connectivity index is 2.46. The zero-order valence-corrected chi connectivity index (χ0v) is 10.8. The number of rotatable bonds is 6. The highest BCUT2D eigenvalue weighted by atomic mass is 16.3. The van der Waals surface area contributed by atoms with Crippen LogP contribution in [0.3, 0.4) is 0 Å². The van der Waals surface area contributed by atoms with Gasteiger partial charge in [0.1, 0.15) is 6.10 Å². The van der Waals surface area contributed by atoms with Crippen LogP contribution < -0.4 is 11.1 Å². The molecule has 5 heteroatoms. The summed E-state index contributed by atoms with van der Waals surface area (Å²) >= 11 is 0. The van der Waals surface area contributed by atoms with Gasteiger partial charge >= 0.3 is 0 Å². The van der Waals surface area contributed by atoms with Crippen LogP contribution in [0.25, 0.3) is 6.08 Å². The standard InChI is InChI=1S/C14H18N2O3/c1-2-10-3-5-11(6-4-10)7-8-13(18)16-9-12(17)14(15)19/h3-8,12,17H,2,9H2,1H3,(H2,15,19)(H,16,18)/b8-7+. The Bertz CT molecular complexity index is 466. The molecule has 0 aromatic heterocycles. The van der Waals surface area contributed by atoms with Crippen LogP contribution >= 0.6 is 0 Å². The second-order valence-electron chi connectivity index (χ2n) is 4.09. The highest BCUT2D eigenvalue weighted by molar-refractivity contribution is 5.92. The van der Waals surface area contributed by atoms with Gasteiger partial charge in [0, 0.05) is 6.08 Å². The van der Waals surface area contributed by atoms with Crippen molar-refractivity contribution < 1.29 is 14.7 Å². The van der Waals surface area contributed by atoms with Crippen molar-refractivity contribution in [3.63, 3.8) is 0 Å². The van der Waals surface area contributed by atoms with Crippen molar-refractivity contribution in [3.8, 4) is 0 Å². The zero-order valence-electron chi connectivity index (χ0n) is 10.8. The van der Waals surface area contributed by atoms with Gasteiger partial charge in [-0.2, -0.15) is 0 Å². The number of hydrogen-bond acceptors (Lipinski definition) is 3. The number of aryl methyl sites for hydroxylation is 1. The lowest BCUT2D eigenvalue weighted by Crippen LogP contribution is -2.39. The minimum absolute atomic E-state index is 0.187. The van der Waals surface area contributed by atoms with E-state index in [-0.39, 0.29) is 12.5 Å². The maximum absolute atomic E-state index is 11.4. The van der Waals surface area contributed by atoms with Gasteiger partial charge in [0.15, 0.2) is 0 Å². The first-order valence-electron chi connectivity index (χ1n) is 6.05. The Labute approximate surface area is 112 Å². The second kappa shape index (κ2) is 7.33. The largest absolute Gasteiger partial charge is 0.381 e. The summed E-state index contributed by atoms with van der Waals surface area (Å²) in [6.07, 6.45) is 2.61. The fraction of sp³-hybridized carbons (Fsp3) is 0.286. The molecule has 0 bridgehead atoms. The number of nitrogens with one attached hydrogen (secondary N) is 1. The molecule has 102 valence electrons. The molecule has 5 nitrogen and oxygen atoms in total. The fourth-order valence-corrected chi connectivity index (χ4v) is 1.39. The molecule has 0 radical (unpaired) electrons. The Kier molecular flexibility index (Phi) is 5.75. The van der Waals surface area contributed by atoms with Crippen LogP contribution in [0.5, 0.6) is 0 Å². The predicted molar refractivity (Wildman–Crippen MR) is 73.1 cm³/mol. The first kappa shape index (κ1) is 14.9. The molecule has 0 saturated carbocycles. The third kappa shape index (κ3) is 5.35. The van der Waals surface area contributed by atoms with Crippen molar-refractivity contribution in [2.45, 2.75) is 19.4 Å². The molecular weight excluding hydrogens is 244 g/mol. The van der Waals surface area contributed by atoms with Gasteiger partial charge in [0.05, 0.1) is 6.54 Å². The lowest BCUT2D eigenvalue weighted by molar-refractivity contribution is -0.126. The van der Waals surface area contributed by atoms with Crippen LogP contribution in [0.15, 0.2) is 30.3 Å². The van der Waals surface area contributed by atoms with E-state index in [2.05, 4.69) is 12.2 Å². The molecule has 1 aromatic carbocycles. The summed E-state index contributed by atoms with van der Waals surface area (Å²) in [5.41, 5.74) is 6.99. The normalized spacial score (nSPS) is 12.3. The van der Waals surface area contributed by atoms with Crippen molar-refractivity contribution in [2.24, 2.45) is 5.73 Å². The second-order valence-corrected chi connectivity index (χ2v) is 4.09. The maximum Gasteiger partial charge on any atom is 0.248 e. The van der Waals surface area contributed by atoms with E-state index in [1.165, 1.54) is 11.6 Å². The average Bonchev–Trinajstić information content (AvgIpc) is 2.42. The van der Waals surface area contributed by atoms with Gasteiger partial charge in [-0.15, -0.1) is 0 Å². The first-order valence-corrected chi connectivity index (χ1v) is 6.05. The Hall–Kier alpha value is -2.14. The van der Waals surface area contributed by atoms with Crippen LogP contribution in [0.1, 0.15) is 18.1 Å². The summed E-state index contributed by atoms with van der Waals surface area (Å²) in [7, 11) is 0. The first-order chi connectivity index (χ1) is 9.02. The van der Waals surface area contributed by atoms with E-state index in [0.717, 1.165) is 12.0 Å². The summed E-state index contributed by atoms with van der Waals surface area (Å²) in [5.74, 6) is -1.25. The van der Waals surface area contributed by atoms with Gasteiger partial charge in [0.25, 0.3) is 0 Å². The van der Waals surface area contributed by atoms with Gasteiger partial charge in [0.2, 0.25) is 11.8 Å². The minimum Gasteiger partial charge on any atom is -0.381 e. The number of amides is 2. The van der Waals surface area contributed by atoms with E-state index in [1.807, 2.05) is 24.3 Å². The monoisotopic (exact) mass is 262 g/mol. The molecule has 0 fully saturated rings. The van der Waals surface area contributed by atoms with E-state index in [1.54, 1.807) is 6.08 Å². The molecule has 4 N–H and O–H groups in total. The smallest absolute Gasteiger partial charge is 0.248 e. The summed E-state index contributed by atoms with van der Waals surface area (Å²) in [5, 5.41) is 11.5. The van der Waals surface area contributed by atoms with Crippen molar-refractivity contribution >= 4 is 17.9 Å². The number of aliphatic hydroxyl groups excluding tert-OH is 1. The molecule has 1 unspecified atom stereocenters. The molecule has 2 amide bonds. The molecule has 1 aromatic rings. The van der Waals surface area contributed by atoms with E-state index >= 15 is 0 Å². The minimum atomic E-state index is -1.36. The van der Waals surface area contributed by atoms with Crippen molar-refractivity contribution in [1.82, 2.24) is 5.32 Å². The topological polar surface area (TPSA) is 92.4 Å². The Morgan fingerprint density at radius 2 is 2.00 bits per heavy atom. The van der Waals surface area contributed by atoms with Crippen LogP contribution in [-0.4, -0.2) is 29.6 Å². The number of aliphatic hydroxyl groups is 1. The molecule has 0 aliphatic carbocycles. The molecular formula is C14H18N2O3. The number of primary amides is 1. The molecule has 1 atom stereocenters. The highest BCUT2D eigenvalue weighted by Gasteiger charge is 2.10. The van der Waals surface area contributed by atoms with E-state index < -0.39 is 12.0 Å². The average molecular weight is 262 g/mol. The third-order valence-electron chi connectivity index (χ3n) is 2.61. The Morgan fingerprint density at radius 3 is 2.53 bits per heavy atom. The predicted octanol–water partition coefficient (Wildman–Crippen LogP) is 0.225. The third-order valence-corrected chi connectivity index (χ3v) is 2.61. The van der Waals surface area contributed by atoms with Crippen molar-refractivity contribution in [2.75, 3.05) is 6.54 Å². The molecule has 1 rings (SSSR count). The summed E-state index contributed by atoms with van der Waals surface area (Å²) in [6, 6.07) is 7.82. The lowest BCUT2D eigenvalue weighted by atomic mass is 10.1. The van der Waals surface area contributed by atoms with Crippen LogP contribution in [0.4, 0.5) is 0 Å². The molecule has 0 aliphatic heterocycles. The number of benzene rings is 1. The summed E-state index contributed by atoms with van der Waals surface area (Å²) in [4.78, 5) is 22.0. The van der Waals surface area contributed by atoms with Gasteiger partial charge < -0.3 is 16.2 Å². The number of carbonyl (C=O) groups is 2. The lowest BCUT2D eigenvalue weighted by Gasteiger charge is -2.06. The SMILES string of the molecule is CCc1ccc(/C=C/C(=O)NCC(O)C(N)=O)cc1. The molecule has 0 heterocycles. The fourth-order valence-electron chi connectivity index (χ4n) is 1.39. The molecule has 19 heavy (non-hydrogen) atoms. The summed E-state index contributed by atoms with van der Waals surface area (Å²) < 4.78 is 0. The van der Waals surface area contributed by atoms with Gasteiger partial charge in [-0.05, 0) is 23.6 Å². The van der Waals surface area contributed by atoms with E-state index in [4.69, 9.17) is 10.8 Å². The van der Waals surface area contributed by atoms with Crippen molar-refractivity contribution in [1.29, 1.82) is 0 Å². The van der Waals surface area contributed by atoms with E-state index in [9.17, 15) is 9.59 Å². The quantitative estimate of drug-likeness (QED) is 0.640. The molecule has 0 aliphatic rings.